The number of aryl methyl sites for hydroxylation is 1. The SMILES string of the molecule is Cc1cc(C=CC(=O)N2CCN(CC(=O)Nc3ccccc3)CC2)c(C)n1-c1ccc2c(c1)OCO2. The van der Waals surface area contributed by atoms with Crippen LogP contribution < -0.4 is 14.8 Å². The van der Waals surface area contributed by atoms with Crippen molar-refractivity contribution in [1.82, 2.24) is 14.4 Å². The van der Waals surface area contributed by atoms with Crippen LogP contribution in [0.1, 0.15) is 17.0 Å². The molecule has 2 aromatic carbocycles. The predicted molar refractivity (Wildman–Crippen MR) is 138 cm³/mol. The second-order valence-corrected chi connectivity index (χ2v) is 9.05. The van der Waals surface area contributed by atoms with Crippen LogP contribution in [0.2, 0.25) is 0 Å². The van der Waals surface area contributed by atoms with Crippen LogP contribution in [0.5, 0.6) is 11.5 Å². The molecule has 0 atom stereocenters. The number of para-hydroxylation sites is 1. The Bertz CT molecular complexity index is 1290. The third-order valence-corrected chi connectivity index (χ3v) is 6.60. The highest BCUT2D eigenvalue weighted by Gasteiger charge is 2.22. The third kappa shape index (κ3) is 5.13. The Morgan fingerprint density at radius 3 is 2.47 bits per heavy atom. The van der Waals surface area contributed by atoms with Gasteiger partial charge in [0.1, 0.15) is 0 Å². The highest BCUT2D eigenvalue weighted by molar-refractivity contribution is 5.93. The molecule has 3 heterocycles. The molecule has 0 bridgehead atoms. The zero-order valence-electron chi connectivity index (χ0n) is 20.6. The van der Waals surface area contributed by atoms with Crippen molar-refractivity contribution in [3.8, 4) is 17.2 Å². The lowest BCUT2D eigenvalue weighted by Gasteiger charge is -2.33. The number of benzene rings is 2. The first-order valence-electron chi connectivity index (χ1n) is 12.1. The maximum Gasteiger partial charge on any atom is 0.246 e. The molecule has 3 aromatic rings. The Labute approximate surface area is 210 Å². The van der Waals surface area contributed by atoms with Gasteiger partial charge in [-0.05, 0) is 55.8 Å². The summed E-state index contributed by atoms with van der Waals surface area (Å²) in [6, 6.07) is 17.4. The van der Waals surface area contributed by atoms with Crippen LogP contribution in [0.4, 0.5) is 5.69 Å². The van der Waals surface area contributed by atoms with Crippen LogP contribution in [0.25, 0.3) is 11.8 Å². The topological polar surface area (TPSA) is 76.0 Å². The van der Waals surface area contributed by atoms with Crippen molar-refractivity contribution in [1.29, 1.82) is 0 Å². The minimum absolute atomic E-state index is 0.0173. The van der Waals surface area contributed by atoms with Crippen molar-refractivity contribution >= 4 is 23.6 Å². The van der Waals surface area contributed by atoms with E-state index in [1.165, 1.54) is 0 Å². The van der Waals surface area contributed by atoms with Crippen molar-refractivity contribution in [2.24, 2.45) is 0 Å². The molecule has 0 aliphatic carbocycles. The van der Waals surface area contributed by atoms with E-state index in [2.05, 4.69) is 20.9 Å². The summed E-state index contributed by atoms with van der Waals surface area (Å²) in [5.74, 6) is 1.43. The van der Waals surface area contributed by atoms with Crippen LogP contribution in [0.15, 0.2) is 60.7 Å². The molecule has 0 unspecified atom stereocenters. The molecule has 186 valence electrons. The van der Waals surface area contributed by atoms with Crippen molar-refractivity contribution in [2.45, 2.75) is 13.8 Å². The van der Waals surface area contributed by atoms with Gasteiger partial charge < -0.3 is 24.3 Å². The number of ether oxygens (including phenoxy) is 2. The van der Waals surface area contributed by atoms with Gasteiger partial charge in [-0.25, -0.2) is 0 Å². The highest BCUT2D eigenvalue weighted by Crippen LogP contribution is 2.35. The maximum absolute atomic E-state index is 12.8. The molecular formula is C28H30N4O4. The first kappa shape index (κ1) is 23.7. The second kappa shape index (κ2) is 10.3. The zero-order chi connectivity index (χ0) is 25.1. The van der Waals surface area contributed by atoms with Gasteiger partial charge in [0.2, 0.25) is 18.6 Å². The molecule has 2 amide bonds. The number of amides is 2. The van der Waals surface area contributed by atoms with Gasteiger partial charge in [0.25, 0.3) is 0 Å². The van der Waals surface area contributed by atoms with Crippen molar-refractivity contribution in [2.75, 3.05) is 44.8 Å². The van der Waals surface area contributed by atoms with Crippen molar-refractivity contribution < 1.29 is 19.1 Å². The van der Waals surface area contributed by atoms with Gasteiger partial charge in [-0.3, -0.25) is 14.5 Å². The van der Waals surface area contributed by atoms with Crippen LogP contribution >= 0.6 is 0 Å². The van der Waals surface area contributed by atoms with E-state index in [0.717, 1.165) is 39.8 Å². The smallest absolute Gasteiger partial charge is 0.246 e. The monoisotopic (exact) mass is 486 g/mol. The standard InChI is InChI=1S/C28H30N4O4/c1-20-16-22(21(2)32(20)24-9-10-25-26(17-24)36-19-35-25)8-11-28(34)31-14-12-30(13-15-31)18-27(33)29-23-6-4-3-5-7-23/h3-11,16-17H,12-15,18-19H2,1-2H3,(H,29,33). The zero-order valence-corrected chi connectivity index (χ0v) is 20.6. The number of rotatable bonds is 6. The molecule has 36 heavy (non-hydrogen) atoms. The lowest BCUT2D eigenvalue weighted by molar-refractivity contribution is -0.127. The summed E-state index contributed by atoms with van der Waals surface area (Å²) < 4.78 is 13.1. The number of nitrogens with one attached hydrogen (secondary N) is 1. The van der Waals surface area contributed by atoms with Crippen LogP contribution in [-0.2, 0) is 9.59 Å². The fourth-order valence-corrected chi connectivity index (χ4v) is 4.70. The largest absolute Gasteiger partial charge is 0.454 e. The Hall–Kier alpha value is -4.04. The average molecular weight is 487 g/mol. The molecule has 0 radical (unpaired) electrons. The third-order valence-electron chi connectivity index (χ3n) is 6.60. The fraction of sp³-hybridized carbons (Fsp3) is 0.286. The van der Waals surface area contributed by atoms with Gasteiger partial charge in [0.05, 0.1) is 6.54 Å². The summed E-state index contributed by atoms with van der Waals surface area (Å²) in [5, 5.41) is 2.91. The summed E-state index contributed by atoms with van der Waals surface area (Å²) in [6.07, 6.45) is 3.53. The maximum atomic E-state index is 12.8. The van der Waals surface area contributed by atoms with Gasteiger partial charge in [-0.1, -0.05) is 18.2 Å². The average Bonchev–Trinajstić information content (AvgIpc) is 3.46. The minimum Gasteiger partial charge on any atom is -0.454 e. The van der Waals surface area contributed by atoms with Gasteiger partial charge in [0.15, 0.2) is 11.5 Å². The quantitative estimate of drug-likeness (QED) is 0.539. The van der Waals surface area contributed by atoms with E-state index in [-0.39, 0.29) is 18.6 Å². The van der Waals surface area contributed by atoms with E-state index in [0.29, 0.717) is 32.7 Å². The number of hydrogen-bond acceptors (Lipinski definition) is 5. The van der Waals surface area contributed by atoms with Gasteiger partial charge in [-0.2, -0.15) is 0 Å². The summed E-state index contributed by atoms with van der Waals surface area (Å²) >= 11 is 0. The Balaban J connectivity index is 1.16. The summed E-state index contributed by atoms with van der Waals surface area (Å²) in [7, 11) is 0. The molecule has 1 N–H and O–H groups in total. The highest BCUT2D eigenvalue weighted by atomic mass is 16.7. The first-order chi connectivity index (χ1) is 17.5. The lowest BCUT2D eigenvalue weighted by Crippen LogP contribution is -2.50. The Morgan fingerprint density at radius 1 is 0.944 bits per heavy atom. The predicted octanol–water partition coefficient (Wildman–Crippen LogP) is 3.62. The normalized spacial score (nSPS) is 15.4. The molecule has 1 saturated heterocycles. The number of carbonyl (C=O) groups is 2. The number of carbonyl (C=O) groups excluding carboxylic acids is 2. The van der Waals surface area contributed by atoms with Gasteiger partial charge in [-0.15, -0.1) is 0 Å². The number of nitrogens with zero attached hydrogens (tertiary/aromatic N) is 3. The van der Waals surface area contributed by atoms with Crippen LogP contribution in [0.3, 0.4) is 0 Å². The summed E-state index contributed by atoms with van der Waals surface area (Å²) in [4.78, 5) is 29.1. The Kier molecular flexibility index (Phi) is 6.77. The minimum atomic E-state index is -0.0429. The van der Waals surface area contributed by atoms with E-state index in [1.54, 1.807) is 6.08 Å². The number of hydrogen-bond donors (Lipinski definition) is 1. The molecule has 1 aromatic heterocycles. The number of aromatic nitrogens is 1. The molecular weight excluding hydrogens is 456 g/mol. The molecule has 0 spiro atoms. The lowest BCUT2D eigenvalue weighted by atomic mass is 10.2. The number of fused-ring (bicyclic) bond motifs is 1. The van der Waals surface area contributed by atoms with Gasteiger partial charge >= 0.3 is 0 Å². The van der Waals surface area contributed by atoms with E-state index in [9.17, 15) is 9.59 Å². The van der Waals surface area contributed by atoms with E-state index < -0.39 is 0 Å². The number of anilines is 1. The van der Waals surface area contributed by atoms with E-state index in [4.69, 9.17) is 9.47 Å². The second-order valence-electron chi connectivity index (χ2n) is 9.05. The van der Waals surface area contributed by atoms with Crippen molar-refractivity contribution in [3.63, 3.8) is 0 Å². The number of piperazine rings is 1. The molecule has 5 rings (SSSR count). The molecule has 8 nitrogen and oxygen atoms in total. The van der Waals surface area contributed by atoms with Crippen LogP contribution in [-0.4, -0.2) is 65.7 Å². The van der Waals surface area contributed by atoms with E-state index >= 15 is 0 Å². The fourth-order valence-electron chi connectivity index (χ4n) is 4.70. The van der Waals surface area contributed by atoms with Crippen LogP contribution in [0, 0.1) is 13.8 Å². The van der Waals surface area contributed by atoms with E-state index in [1.807, 2.05) is 73.4 Å². The Morgan fingerprint density at radius 2 is 1.69 bits per heavy atom. The molecule has 8 heteroatoms. The molecule has 2 aliphatic rings. The van der Waals surface area contributed by atoms with Gasteiger partial charge in [0, 0.05) is 61.1 Å². The molecule has 0 saturated carbocycles. The first-order valence-corrected chi connectivity index (χ1v) is 12.1. The molecule has 1 fully saturated rings. The summed E-state index contributed by atoms with van der Waals surface area (Å²) in [5.41, 5.74) is 4.90. The summed E-state index contributed by atoms with van der Waals surface area (Å²) in [6.45, 7) is 7.17. The van der Waals surface area contributed by atoms with Crippen molar-refractivity contribution in [3.05, 3.63) is 77.6 Å². The molecule has 2 aliphatic heterocycles.